The molecule has 2 heterocycles. The fourth-order valence-electron chi connectivity index (χ4n) is 3.29. The number of halogens is 1. The van der Waals surface area contributed by atoms with Gasteiger partial charge in [-0.2, -0.15) is 15.2 Å². The molecule has 0 saturated carbocycles. The second-order valence-electron chi connectivity index (χ2n) is 7.18. The number of hydrazone groups is 1. The fourth-order valence-corrected chi connectivity index (χ4v) is 3.48. The van der Waals surface area contributed by atoms with Crippen molar-refractivity contribution < 1.29 is 19.1 Å². The minimum absolute atomic E-state index is 0.185. The standard InChI is InChI=1S/C25H20ClN5O4/c1-34-21-7-6-18(13-22(21)35-2)25(33)31(24(32)16-8-10-27-11-9-16)29-15-19-14-28-30-23(19)17-4-3-5-20(26)12-17/h3-15H,1-2H3,(H,28,30). The van der Waals surface area contributed by atoms with E-state index >= 15 is 0 Å². The van der Waals surface area contributed by atoms with Crippen LogP contribution >= 0.6 is 11.6 Å². The molecule has 0 aliphatic carbocycles. The number of nitrogens with one attached hydrogen (secondary N) is 1. The second-order valence-corrected chi connectivity index (χ2v) is 7.62. The maximum absolute atomic E-state index is 13.4. The molecule has 9 nitrogen and oxygen atoms in total. The summed E-state index contributed by atoms with van der Waals surface area (Å²) in [7, 11) is 2.95. The van der Waals surface area contributed by atoms with E-state index in [-0.39, 0.29) is 11.1 Å². The van der Waals surface area contributed by atoms with Gasteiger partial charge in [-0.25, -0.2) is 0 Å². The van der Waals surface area contributed by atoms with Gasteiger partial charge in [0.1, 0.15) is 0 Å². The van der Waals surface area contributed by atoms with Crippen LogP contribution in [-0.4, -0.2) is 52.4 Å². The lowest BCUT2D eigenvalue weighted by Crippen LogP contribution is -2.32. The number of aromatic amines is 1. The maximum atomic E-state index is 13.4. The zero-order valence-electron chi connectivity index (χ0n) is 18.8. The maximum Gasteiger partial charge on any atom is 0.281 e. The Bertz CT molecular complexity index is 1390. The number of rotatable bonds is 7. The number of amides is 2. The Labute approximate surface area is 206 Å². The van der Waals surface area contributed by atoms with E-state index in [0.29, 0.717) is 27.8 Å². The monoisotopic (exact) mass is 489 g/mol. The number of ether oxygens (including phenoxy) is 2. The summed E-state index contributed by atoms with van der Waals surface area (Å²) < 4.78 is 10.5. The topological polar surface area (TPSA) is 110 Å². The van der Waals surface area contributed by atoms with Gasteiger partial charge in [0.05, 0.1) is 32.3 Å². The number of methoxy groups -OCH3 is 2. The lowest BCUT2D eigenvalue weighted by Gasteiger charge is -2.16. The van der Waals surface area contributed by atoms with E-state index in [0.717, 1.165) is 10.6 Å². The van der Waals surface area contributed by atoms with Crippen LogP contribution in [0.15, 0.2) is 78.3 Å². The van der Waals surface area contributed by atoms with Crippen molar-refractivity contribution in [2.75, 3.05) is 14.2 Å². The minimum Gasteiger partial charge on any atom is -0.493 e. The molecule has 0 unspecified atom stereocenters. The van der Waals surface area contributed by atoms with Crippen molar-refractivity contribution in [3.63, 3.8) is 0 Å². The second kappa shape index (κ2) is 10.6. The van der Waals surface area contributed by atoms with Crippen molar-refractivity contribution in [1.29, 1.82) is 0 Å². The Morgan fingerprint density at radius 1 is 0.971 bits per heavy atom. The number of carbonyl (C=O) groups is 2. The molecule has 0 aliphatic rings. The number of aromatic nitrogens is 3. The molecule has 35 heavy (non-hydrogen) atoms. The van der Waals surface area contributed by atoms with Gasteiger partial charge >= 0.3 is 0 Å². The van der Waals surface area contributed by atoms with Gasteiger partial charge in [-0.1, -0.05) is 23.7 Å². The first kappa shape index (κ1) is 23.7. The molecule has 2 aromatic heterocycles. The van der Waals surface area contributed by atoms with Crippen LogP contribution in [0.2, 0.25) is 5.02 Å². The summed E-state index contributed by atoms with van der Waals surface area (Å²) in [6.45, 7) is 0. The van der Waals surface area contributed by atoms with Gasteiger partial charge in [-0.15, -0.1) is 0 Å². The third kappa shape index (κ3) is 5.20. The van der Waals surface area contributed by atoms with E-state index in [1.807, 2.05) is 6.07 Å². The van der Waals surface area contributed by atoms with E-state index in [4.69, 9.17) is 21.1 Å². The summed E-state index contributed by atoms with van der Waals surface area (Å²) in [6.07, 6.45) is 5.85. The van der Waals surface area contributed by atoms with Gasteiger partial charge in [0.2, 0.25) is 0 Å². The zero-order chi connectivity index (χ0) is 24.8. The highest BCUT2D eigenvalue weighted by atomic mass is 35.5. The van der Waals surface area contributed by atoms with Crippen LogP contribution in [0, 0.1) is 0 Å². The summed E-state index contributed by atoms with van der Waals surface area (Å²) in [4.78, 5) is 30.6. The van der Waals surface area contributed by atoms with Crippen LogP contribution in [0.1, 0.15) is 26.3 Å². The van der Waals surface area contributed by atoms with E-state index in [9.17, 15) is 9.59 Å². The quantitative estimate of drug-likeness (QED) is 0.233. The van der Waals surface area contributed by atoms with Crippen LogP contribution in [0.25, 0.3) is 11.3 Å². The Morgan fingerprint density at radius 2 is 1.71 bits per heavy atom. The summed E-state index contributed by atoms with van der Waals surface area (Å²) in [5, 5.41) is 12.5. The molecule has 4 aromatic rings. The molecule has 1 N–H and O–H groups in total. The number of pyridine rings is 1. The molecule has 10 heteroatoms. The number of benzene rings is 2. The van der Waals surface area contributed by atoms with Gasteiger partial charge in [-0.05, 0) is 42.5 Å². The molecule has 0 fully saturated rings. The average molecular weight is 490 g/mol. The number of imide groups is 1. The van der Waals surface area contributed by atoms with E-state index in [2.05, 4.69) is 20.3 Å². The molecule has 0 bridgehead atoms. The number of H-pyrrole nitrogens is 1. The summed E-state index contributed by atoms with van der Waals surface area (Å²) in [6, 6.07) is 14.8. The van der Waals surface area contributed by atoms with Crippen LogP contribution in [-0.2, 0) is 0 Å². The van der Waals surface area contributed by atoms with Gasteiger partial charge in [0.25, 0.3) is 11.8 Å². The minimum atomic E-state index is -0.656. The smallest absolute Gasteiger partial charge is 0.281 e. The van der Waals surface area contributed by atoms with Gasteiger partial charge in [0, 0.05) is 39.7 Å². The Kier molecular flexibility index (Phi) is 7.18. The lowest BCUT2D eigenvalue weighted by atomic mass is 10.1. The third-order valence-electron chi connectivity index (χ3n) is 5.04. The van der Waals surface area contributed by atoms with Crippen LogP contribution in [0.5, 0.6) is 11.5 Å². The van der Waals surface area contributed by atoms with Gasteiger partial charge in [0.15, 0.2) is 11.5 Å². The molecule has 0 aliphatic heterocycles. The SMILES string of the molecule is COc1ccc(C(=O)N(N=Cc2cn[nH]c2-c2cccc(Cl)c2)C(=O)c2ccncc2)cc1OC. The van der Waals surface area contributed by atoms with Crippen LogP contribution in [0.3, 0.4) is 0 Å². The third-order valence-corrected chi connectivity index (χ3v) is 5.27. The van der Waals surface area contributed by atoms with Crippen molar-refractivity contribution in [2.24, 2.45) is 5.10 Å². The fraction of sp³-hybridized carbons (Fsp3) is 0.0800. The summed E-state index contributed by atoms with van der Waals surface area (Å²) in [5.74, 6) is -0.492. The number of hydrogen-bond acceptors (Lipinski definition) is 7. The van der Waals surface area contributed by atoms with Crippen molar-refractivity contribution in [3.8, 4) is 22.8 Å². The molecule has 0 spiro atoms. The predicted molar refractivity (Wildman–Crippen MR) is 131 cm³/mol. The molecule has 0 atom stereocenters. The molecule has 0 radical (unpaired) electrons. The van der Waals surface area contributed by atoms with Crippen molar-refractivity contribution >= 4 is 29.6 Å². The Balaban J connectivity index is 1.73. The molecule has 4 rings (SSSR count). The highest BCUT2D eigenvalue weighted by Gasteiger charge is 2.25. The molecule has 0 saturated heterocycles. The van der Waals surface area contributed by atoms with Crippen molar-refractivity contribution in [3.05, 3.63) is 94.9 Å². The summed E-state index contributed by atoms with van der Waals surface area (Å²) in [5.41, 5.74) is 2.39. The van der Waals surface area contributed by atoms with E-state index < -0.39 is 11.8 Å². The first-order chi connectivity index (χ1) is 17.0. The molecular weight excluding hydrogens is 470 g/mol. The normalized spacial score (nSPS) is 10.8. The van der Waals surface area contributed by atoms with Gasteiger partial charge < -0.3 is 9.47 Å². The largest absolute Gasteiger partial charge is 0.493 e. The molecule has 2 amide bonds. The first-order valence-corrected chi connectivity index (χ1v) is 10.7. The Hall–Kier alpha value is -4.50. The summed E-state index contributed by atoms with van der Waals surface area (Å²) >= 11 is 6.12. The van der Waals surface area contributed by atoms with Crippen molar-refractivity contribution in [2.45, 2.75) is 0 Å². The molecular formula is C25H20ClN5O4. The number of carbonyl (C=O) groups excluding carboxylic acids is 2. The van der Waals surface area contributed by atoms with E-state index in [1.165, 1.54) is 63.3 Å². The lowest BCUT2D eigenvalue weighted by molar-refractivity contribution is 0.0621. The van der Waals surface area contributed by atoms with Gasteiger partial charge in [-0.3, -0.25) is 19.7 Å². The molecule has 176 valence electrons. The Morgan fingerprint density at radius 3 is 2.43 bits per heavy atom. The first-order valence-electron chi connectivity index (χ1n) is 10.4. The highest BCUT2D eigenvalue weighted by Crippen LogP contribution is 2.28. The zero-order valence-corrected chi connectivity index (χ0v) is 19.6. The molecule has 2 aromatic carbocycles. The average Bonchev–Trinajstić information content (AvgIpc) is 3.37. The van der Waals surface area contributed by atoms with Crippen LogP contribution < -0.4 is 9.47 Å². The number of nitrogens with zero attached hydrogens (tertiary/aromatic N) is 4. The number of hydrogen-bond donors (Lipinski definition) is 1. The van der Waals surface area contributed by atoms with E-state index in [1.54, 1.807) is 24.3 Å². The highest BCUT2D eigenvalue weighted by molar-refractivity contribution is 6.30. The van der Waals surface area contributed by atoms with Crippen LogP contribution in [0.4, 0.5) is 0 Å². The predicted octanol–water partition coefficient (Wildman–Crippen LogP) is 4.46. The van der Waals surface area contributed by atoms with Crippen molar-refractivity contribution in [1.82, 2.24) is 20.2 Å².